The molecule has 0 aromatic rings. The Balaban J connectivity index is 4.04. The number of carbonyl (C=O) groups is 3. The van der Waals surface area contributed by atoms with Crippen LogP contribution in [0.1, 0.15) is 27.7 Å². The summed E-state index contributed by atoms with van der Waals surface area (Å²) in [6, 6.07) is -0.946. The Morgan fingerprint density at radius 3 is 2.22 bits per heavy atom. The van der Waals surface area contributed by atoms with Crippen molar-refractivity contribution in [3.05, 3.63) is 0 Å². The molecule has 0 saturated carbocycles. The Labute approximate surface area is 106 Å². The van der Waals surface area contributed by atoms with Crippen LogP contribution in [0.2, 0.25) is 0 Å². The Morgan fingerprint density at radius 2 is 1.83 bits per heavy atom. The van der Waals surface area contributed by atoms with Gasteiger partial charge in [0.15, 0.2) is 5.78 Å². The maximum absolute atomic E-state index is 11.3. The summed E-state index contributed by atoms with van der Waals surface area (Å²) in [6.45, 7) is 5.55. The number of ether oxygens (including phenoxy) is 1. The van der Waals surface area contributed by atoms with Crippen LogP contribution in [0, 0.1) is 0 Å². The lowest BCUT2D eigenvalue weighted by Crippen LogP contribution is -2.47. The molecule has 2 amide bonds. The number of carbonyl (C=O) groups excluding carboxylic acids is 3. The molecule has 0 bridgehead atoms. The van der Waals surface area contributed by atoms with E-state index in [1.165, 1.54) is 6.92 Å². The molecule has 0 spiro atoms. The average molecular weight is 260 g/mol. The Bertz CT molecular complexity index is 322. The van der Waals surface area contributed by atoms with Gasteiger partial charge in [-0.15, -0.1) is 0 Å². The number of rotatable bonds is 5. The second kappa shape index (κ2) is 6.95. The Kier molecular flexibility index (Phi) is 6.32. The second-order valence-electron chi connectivity index (χ2n) is 4.77. The van der Waals surface area contributed by atoms with Crippen LogP contribution in [-0.4, -0.2) is 47.7 Å². The van der Waals surface area contributed by atoms with E-state index in [1.54, 1.807) is 20.8 Å². The highest BCUT2D eigenvalue weighted by Crippen LogP contribution is 2.05. The molecular formula is C11H20N2O5. The van der Waals surface area contributed by atoms with Crippen LogP contribution in [-0.2, 0) is 14.3 Å². The molecule has 3 N–H and O–H groups in total. The fourth-order valence-electron chi connectivity index (χ4n) is 0.988. The van der Waals surface area contributed by atoms with Gasteiger partial charge in [-0.3, -0.25) is 9.59 Å². The Hall–Kier alpha value is -1.63. The molecule has 0 aliphatic rings. The van der Waals surface area contributed by atoms with Crippen molar-refractivity contribution < 1.29 is 24.2 Å². The van der Waals surface area contributed by atoms with Gasteiger partial charge in [0.05, 0.1) is 6.61 Å². The first kappa shape index (κ1) is 16.4. The molecule has 0 saturated heterocycles. The number of amides is 2. The molecule has 0 aromatic carbocycles. The van der Waals surface area contributed by atoms with Crippen molar-refractivity contribution in [3.63, 3.8) is 0 Å². The molecule has 0 aromatic heterocycles. The van der Waals surface area contributed by atoms with E-state index in [0.717, 1.165) is 0 Å². The third-order valence-electron chi connectivity index (χ3n) is 1.80. The van der Waals surface area contributed by atoms with Crippen molar-refractivity contribution in [1.82, 2.24) is 10.6 Å². The van der Waals surface area contributed by atoms with E-state index in [0.29, 0.717) is 0 Å². The zero-order chi connectivity index (χ0) is 14.3. The SMILES string of the molecule is CC(=O)C(CO)NC(=O)CNC(=O)OC(C)(C)C. The fraction of sp³-hybridized carbons (Fsp3) is 0.727. The standard InChI is InChI=1S/C11H20N2O5/c1-7(15)8(6-14)13-9(16)5-12-10(17)18-11(2,3)4/h8,14H,5-6H2,1-4H3,(H,12,17)(H,13,16). The van der Waals surface area contributed by atoms with Crippen LogP contribution in [0.5, 0.6) is 0 Å². The molecule has 0 rings (SSSR count). The summed E-state index contributed by atoms with van der Waals surface area (Å²) in [6.07, 6.45) is -0.721. The number of aliphatic hydroxyl groups is 1. The van der Waals surface area contributed by atoms with Gasteiger partial charge in [-0.1, -0.05) is 0 Å². The molecule has 0 fully saturated rings. The maximum Gasteiger partial charge on any atom is 0.408 e. The van der Waals surface area contributed by atoms with Gasteiger partial charge in [0.2, 0.25) is 5.91 Å². The summed E-state index contributed by atoms with van der Waals surface area (Å²) < 4.78 is 4.92. The van der Waals surface area contributed by atoms with Crippen LogP contribution in [0.4, 0.5) is 4.79 Å². The van der Waals surface area contributed by atoms with Gasteiger partial charge in [-0.25, -0.2) is 4.79 Å². The summed E-state index contributed by atoms with van der Waals surface area (Å²) in [5, 5.41) is 13.3. The third-order valence-corrected chi connectivity index (χ3v) is 1.80. The molecule has 7 nitrogen and oxygen atoms in total. The Morgan fingerprint density at radius 1 is 1.28 bits per heavy atom. The van der Waals surface area contributed by atoms with Crippen molar-refractivity contribution >= 4 is 17.8 Å². The zero-order valence-corrected chi connectivity index (χ0v) is 11.1. The van der Waals surface area contributed by atoms with Crippen molar-refractivity contribution in [2.24, 2.45) is 0 Å². The van der Waals surface area contributed by atoms with Crippen molar-refractivity contribution in [1.29, 1.82) is 0 Å². The maximum atomic E-state index is 11.3. The summed E-state index contributed by atoms with van der Waals surface area (Å²) in [4.78, 5) is 33.5. The van der Waals surface area contributed by atoms with E-state index in [4.69, 9.17) is 9.84 Å². The largest absolute Gasteiger partial charge is 0.444 e. The highest BCUT2D eigenvalue weighted by atomic mass is 16.6. The summed E-state index contributed by atoms with van der Waals surface area (Å²) in [7, 11) is 0. The van der Waals surface area contributed by atoms with Crippen LogP contribution < -0.4 is 10.6 Å². The molecule has 0 radical (unpaired) electrons. The van der Waals surface area contributed by atoms with Gasteiger partial charge in [0.1, 0.15) is 18.2 Å². The van der Waals surface area contributed by atoms with E-state index in [1.807, 2.05) is 0 Å². The molecule has 0 aliphatic carbocycles. The molecular weight excluding hydrogens is 240 g/mol. The van der Waals surface area contributed by atoms with Gasteiger partial charge in [-0.2, -0.15) is 0 Å². The second-order valence-corrected chi connectivity index (χ2v) is 4.77. The highest BCUT2D eigenvalue weighted by Gasteiger charge is 2.18. The lowest BCUT2D eigenvalue weighted by Gasteiger charge is -2.20. The predicted molar refractivity (Wildman–Crippen MR) is 63.9 cm³/mol. The van der Waals surface area contributed by atoms with Gasteiger partial charge in [0.25, 0.3) is 0 Å². The lowest BCUT2D eigenvalue weighted by atomic mass is 10.2. The third kappa shape index (κ3) is 7.61. The van der Waals surface area contributed by atoms with Crippen LogP contribution in [0.15, 0.2) is 0 Å². The quantitative estimate of drug-likeness (QED) is 0.622. The first-order chi connectivity index (χ1) is 8.15. The number of ketones is 1. The first-order valence-electron chi connectivity index (χ1n) is 5.53. The fourth-order valence-corrected chi connectivity index (χ4v) is 0.988. The molecule has 0 heterocycles. The van der Waals surface area contributed by atoms with Gasteiger partial charge in [0, 0.05) is 0 Å². The summed E-state index contributed by atoms with van der Waals surface area (Å²) >= 11 is 0. The summed E-state index contributed by atoms with van der Waals surface area (Å²) in [5.41, 5.74) is -0.645. The number of alkyl carbamates (subject to hydrolysis) is 1. The normalized spacial score (nSPS) is 12.5. The molecule has 104 valence electrons. The molecule has 1 atom stereocenters. The predicted octanol–water partition coefficient (Wildman–Crippen LogP) is -0.423. The molecule has 18 heavy (non-hydrogen) atoms. The van der Waals surface area contributed by atoms with Gasteiger partial charge < -0.3 is 20.5 Å². The first-order valence-corrected chi connectivity index (χ1v) is 5.53. The number of Topliss-reactive ketones (excluding diaryl/α,β-unsaturated/α-hetero) is 1. The van der Waals surface area contributed by atoms with E-state index in [-0.39, 0.29) is 12.3 Å². The number of nitrogens with one attached hydrogen (secondary N) is 2. The highest BCUT2D eigenvalue weighted by molar-refractivity contribution is 5.89. The topological polar surface area (TPSA) is 105 Å². The lowest BCUT2D eigenvalue weighted by molar-refractivity contribution is -0.127. The average Bonchev–Trinajstić information content (AvgIpc) is 2.20. The number of hydrogen-bond donors (Lipinski definition) is 3. The molecule has 7 heteroatoms. The van der Waals surface area contributed by atoms with Crippen LogP contribution in [0.3, 0.4) is 0 Å². The minimum Gasteiger partial charge on any atom is -0.444 e. The number of aliphatic hydroxyl groups excluding tert-OH is 1. The van der Waals surface area contributed by atoms with Crippen molar-refractivity contribution in [2.75, 3.05) is 13.2 Å². The van der Waals surface area contributed by atoms with Crippen molar-refractivity contribution in [3.8, 4) is 0 Å². The zero-order valence-electron chi connectivity index (χ0n) is 11.1. The van der Waals surface area contributed by atoms with E-state index < -0.39 is 30.3 Å². The van der Waals surface area contributed by atoms with Gasteiger partial charge >= 0.3 is 6.09 Å². The van der Waals surface area contributed by atoms with Gasteiger partial charge in [-0.05, 0) is 27.7 Å². The van der Waals surface area contributed by atoms with Crippen LogP contribution in [0.25, 0.3) is 0 Å². The number of hydrogen-bond acceptors (Lipinski definition) is 5. The van der Waals surface area contributed by atoms with Crippen LogP contribution >= 0.6 is 0 Å². The monoisotopic (exact) mass is 260 g/mol. The smallest absolute Gasteiger partial charge is 0.408 e. The van der Waals surface area contributed by atoms with E-state index >= 15 is 0 Å². The minimum absolute atomic E-state index is 0.321. The van der Waals surface area contributed by atoms with E-state index in [9.17, 15) is 14.4 Å². The molecule has 1 unspecified atom stereocenters. The molecule has 0 aliphatic heterocycles. The minimum atomic E-state index is -0.946. The summed E-state index contributed by atoms with van der Waals surface area (Å²) in [5.74, 6) is -0.932. The van der Waals surface area contributed by atoms with E-state index in [2.05, 4.69) is 10.6 Å². The van der Waals surface area contributed by atoms with Crippen molar-refractivity contribution in [2.45, 2.75) is 39.3 Å².